The Kier molecular flexibility index (Phi) is 1.70. The first-order chi connectivity index (χ1) is 5.36. The lowest BCUT2D eigenvalue weighted by Gasteiger charge is -2.13. The standard InChI is InChI=1S/C9H9OS/c10-8-6-11(7-8)9-4-2-1-3-5-9/h1-5H,6-7H2/q+1. The molecule has 1 aromatic rings. The Labute approximate surface area is 68.8 Å². The second kappa shape index (κ2) is 2.70. The number of hydrogen-bond donors (Lipinski definition) is 0. The van der Waals surface area contributed by atoms with E-state index in [1.165, 1.54) is 4.90 Å². The Hall–Kier alpha value is -0.760. The summed E-state index contributed by atoms with van der Waals surface area (Å²) in [5, 5.41) is 0. The van der Waals surface area contributed by atoms with Gasteiger partial charge >= 0.3 is 0 Å². The van der Waals surface area contributed by atoms with E-state index in [0.717, 1.165) is 11.5 Å². The first kappa shape index (κ1) is 6.92. The summed E-state index contributed by atoms with van der Waals surface area (Å²) in [5.41, 5.74) is 0. The molecule has 2 rings (SSSR count). The molecule has 0 aromatic heterocycles. The monoisotopic (exact) mass is 165 g/mol. The number of rotatable bonds is 1. The fraction of sp³-hybridized carbons (Fsp3) is 0.222. The zero-order valence-electron chi connectivity index (χ0n) is 6.12. The normalized spacial score (nSPS) is 18.0. The third kappa shape index (κ3) is 1.31. The molecule has 0 radical (unpaired) electrons. The van der Waals surface area contributed by atoms with Crippen LogP contribution in [0.15, 0.2) is 35.2 Å². The topological polar surface area (TPSA) is 17.1 Å². The van der Waals surface area contributed by atoms with Crippen molar-refractivity contribution in [1.82, 2.24) is 0 Å². The Balaban J connectivity index is 2.13. The molecule has 11 heavy (non-hydrogen) atoms. The molecule has 1 aliphatic rings. The quantitative estimate of drug-likeness (QED) is 0.572. The lowest BCUT2D eigenvalue weighted by Crippen LogP contribution is -2.36. The van der Waals surface area contributed by atoms with Crippen molar-refractivity contribution < 1.29 is 4.79 Å². The smallest absolute Gasteiger partial charge is 0.231 e. The molecule has 1 nitrogen and oxygen atoms in total. The minimum absolute atomic E-state index is 0.261. The summed E-state index contributed by atoms with van der Waals surface area (Å²) >= 11 is 0. The van der Waals surface area contributed by atoms with Gasteiger partial charge in [-0.1, -0.05) is 18.2 Å². The molecular formula is C9H9OS+. The van der Waals surface area contributed by atoms with Crippen molar-refractivity contribution in [2.24, 2.45) is 0 Å². The van der Waals surface area contributed by atoms with E-state index in [1.54, 1.807) is 0 Å². The van der Waals surface area contributed by atoms with Gasteiger partial charge < -0.3 is 0 Å². The van der Waals surface area contributed by atoms with E-state index < -0.39 is 0 Å². The van der Waals surface area contributed by atoms with Crippen LogP contribution in [0.5, 0.6) is 0 Å². The van der Waals surface area contributed by atoms with E-state index in [9.17, 15) is 4.79 Å². The number of carbonyl (C=O) groups excluding carboxylic acids is 1. The number of carbonyl (C=O) groups is 1. The van der Waals surface area contributed by atoms with Crippen molar-refractivity contribution in [1.29, 1.82) is 0 Å². The van der Waals surface area contributed by atoms with E-state index in [2.05, 4.69) is 12.1 Å². The van der Waals surface area contributed by atoms with Crippen LogP contribution in [0, 0.1) is 0 Å². The average molecular weight is 165 g/mol. The average Bonchev–Trinajstić information content (AvgIpc) is 2.01. The molecular weight excluding hydrogens is 156 g/mol. The zero-order chi connectivity index (χ0) is 7.68. The highest BCUT2D eigenvalue weighted by Gasteiger charge is 2.38. The lowest BCUT2D eigenvalue weighted by molar-refractivity contribution is -0.115. The van der Waals surface area contributed by atoms with Crippen molar-refractivity contribution in [2.45, 2.75) is 4.90 Å². The molecule has 1 aromatic carbocycles. The summed E-state index contributed by atoms with van der Waals surface area (Å²) < 4.78 is 0. The molecule has 0 spiro atoms. The van der Waals surface area contributed by atoms with Crippen LogP contribution in [0.2, 0.25) is 0 Å². The summed E-state index contributed by atoms with van der Waals surface area (Å²) in [7, 11) is 0.261. The number of ketones is 1. The summed E-state index contributed by atoms with van der Waals surface area (Å²) in [6.45, 7) is 0. The molecule has 0 bridgehead atoms. The first-order valence-electron chi connectivity index (χ1n) is 3.60. The number of hydrogen-bond acceptors (Lipinski definition) is 1. The lowest BCUT2D eigenvalue weighted by atomic mass is 10.4. The van der Waals surface area contributed by atoms with Crippen LogP contribution in [0.3, 0.4) is 0 Å². The molecule has 0 amide bonds. The van der Waals surface area contributed by atoms with Crippen molar-refractivity contribution in [3.8, 4) is 0 Å². The van der Waals surface area contributed by atoms with Gasteiger partial charge in [0.15, 0.2) is 16.4 Å². The van der Waals surface area contributed by atoms with E-state index in [1.807, 2.05) is 18.2 Å². The Morgan fingerprint density at radius 2 is 1.73 bits per heavy atom. The Morgan fingerprint density at radius 3 is 2.27 bits per heavy atom. The van der Waals surface area contributed by atoms with Crippen LogP contribution >= 0.6 is 0 Å². The Morgan fingerprint density at radius 1 is 1.09 bits per heavy atom. The van der Waals surface area contributed by atoms with Gasteiger partial charge in [0.05, 0.1) is 0 Å². The van der Waals surface area contributed by atoms with Crippen molar-refractivity contribution >= 4 is 16.7 Å². The van der Waals surface area contributed by atoms with Crippen LogP contribution in [-0.4, -0.2) is 17.3 Å². The molecule has 0 aliphatic carbocycles. The largest absolute Gasteiger partial charge is 0.289 e. The fourth-order valence-electron chi connectivity index (χ4n) is 1.13. The van der Waals surface area contributed by atoms with Gasteiger partial charge in [0.25, 0.3) is 0 Å². The van der Waals surface area contributed by atoms with Gasteiger partial charge in [0.1, 0.15) is 0 Å². The summed E-state index contributed by atoms with van der Waals surface area (Å²) in [4.78, 5) is 12.0. The molecule has 0 atom stereocenters. The summed E-state index contributed by atoms with van der Waals surface area (Å²) in [5.74, 6) is 1.98. The third-order valence-electron chi connectivity index (χ3n) is 1.75. The highest BCUT2D eigenvalue weighted by Crippen LogP contribution is 2.20. The number of Topliss-reactive ketones (excluding diaryl/α,β-unsaturated/α-hetero) is 1. The van der Waals surface area contributed by atoms with E-state index >= 15 is 0 Å². The highest BCUT2D eigenvalue weighted by atomic mass is 32.2. The van der Waals surface area contributed by atoms with Crippen LogP contribution < -0.4 is 0 Å². The van der Waals surface area contributed by atoms with E-state index in [0.29, 0.717) is 5.78 Å². The molecule has 0 unspecified atom stereocenters. The van der Waals surface area contributed by atoms with Crippen molar-refractivity contribution in [3.63, 3.8) is 0 Å². The Bertz CT molecular complexity index is 260. The van der Waals surface area contributed by atoms with Gasteiger partial charge in [-0.25, -0.2) is 0 Å². The second-order valence-corrected chi connectivity index (χ2v) is 4.67. The number of benzene rings is 1. The molecule has 1 aliphatic heterocycles. The maximum atomic E-state index is 10.7. The summed E-state index contributed by atoms with van der Waals surface area (Å²) in [6, 6.07) is 10.3. The predicted molar refractivity (Wildman–Crippen MR) is 46.8 cm³/mol. The van der Waals surface area contributed by atoms with Crippen LogP contribution in [0.1, 0.15) is 0 Å². The van der Waals surface area contributed by atoms with Gasteiger partial charge in [-0.2, -0.15) is 0 Å². The van der Waals surface area contributed by atoms with Gasteiger partial charge in [-0.05, 0) is 12.1 Å². The van der Waals surface area contributed by atoms with E-state index in [-0.39, 0.29) is 10.9 Å². The molecule has 0 N–H and O–H groups in total. The molecule has 1 saturated heterocycles. The molecule has 2 heteroatoms. The predicted octanol–water partition coefficient (Wildman–Crippen LogP) is 1.25. The minimum atomic E-state index is 0.261. The maximum absolute atomic E-state index is 10.7. The van der Waals surface area contributed by atoms with Gasteiger partial charge in [0, 0.05) is 10.9 Å². The summed E-state index contributed by atoms with van der Waals surface area (Å²) in [6.07, 6.45) is 0. The van der Waals surface area contributed by atoms with Crippen LogP contribution in [-0.2, 0) is 15.7 Å². The first-order valence-corrected chi connectivity index (χ1v) is 5.17. The third-order valence-corrected chi connectivity index (χ3v) is 4.03. The van der Waals surface area contributed by atoms with Crippen LogP contribution in [0.25, 0.3) is 0 Å². The molecule has 56 valence electrons. The molecule has 1 heterocycles. The van der Waals surface area contributed by atoms with E-state index in [4.69, 9.17) is 0 Å². The second-order valence-electron chi connectivity index (χ2n) is 2.63. The van der Waals surface area contributed by atoms with Gasteiger partial charge in [-0.3, -0.25) is 4.79 Å². The molecule has 0 saturated carbocycles. The van der Waals surface area contributed by atoms with Gasteiger partial charge in [-0.15, -0.1) is 0 Å². The SMILES string of the molecule is O=C1C[S+](c2ccccc2)C1. The minimum Gasteiger partial charge on any atom is -0.289 e. The maximum Gasteiger partial charge on any atom is 0.231 e. The molecule has 1 fully saturated rings. The van der Waals surface area contributed by atoms with Crippen molar-refractivity contribution in [3.05, 3.63) is 30.3 Å². The zero-order valence-corrected chi connectivity index (χ0v) is 6.93. The van der Waals surface area contributed by atoms with Crippen LogP contribution in [0.4, 0.5) is 0 Å². The van der Waals surface area contributed by atoms with Gasteiger partial charge in [0.2, 0.25) is 5.78 Å². The van der Waals surface area contributed by atoms with Crippen molar-refractivity contribution in [2.75, 3.05) is 11.5 Å². The fourth-order valence-corrected chi connectivity index (χ4v) is 2.69. The highest BCUT2D eigenvalue weighted by molar-refractivity contribution is 8.00.